The van der Waals surface area contributed by atoms with E-state index in [1.54, 1.807) is 0 Å². The molecular formula is C20H21ClO5. The lowest BCUT2D eigenvalue weighted by atomic mass is 10.0. The molecule has 0 saturated carbocycles. The van der Waals surface area contributed by atoms with E-state index in [-0.39, 0.29) is 12.7 Å². The van der Waals surface area contributed by atoms with Crippen LogP contribution in [-0.4, -0.2) is 30.4 Å². The number of aliphatic carboxylic acids is 1. The molecule has 1 atom stereocenters. The Balaban J connectivity index is 1.65. The maximum atomic E-state index is 10.6. The minimum absolute atomic E-state index is 0.249. The van der Waals surface area contributed by atoms with E-state index in [9.17, 15) is 4.79 Å². The summed E-state index contributed by atoms with van der Waals surface area (Å²) in [4.78, 5) is 10.6. The molecule has 6 heteroatoms. The summed E-state index contributed by atoms with van der Waals surface area (Å²) >= 11 is 6.30. The van der Waals surface area contributed by atoms with E-state index in [2.05, 4.69) is 13.0 Å². The van der Waals surface area contributed by atoms with Crippen molar-refractivity contribution in [1.82, 2.24) is 0 Å². The number of ether oxygens (including phenoxy) is 3. The summed E-state index contributed by atoms with van der Waals surface area (Å²) in [7, 11) is 0. The SMILES string of the molecule is CCc1cccc(Cl)c1COc1ccc2c(c1)OCC(OCC(=O)O)C2. The zero-order valence-electron chi connectivity index (χ0n) is 14.5. The Labute approximate surface area is 157 Å². The van der Waals surface area contributed by atoms with Crippen LogP contribution in [0.15, 0.2) is 36.4 Å². The molecule has 0 amide bonds. The van der Waals surface area contributed by atoms with Crippen LogP contribution >= 0.6 is 11.6 Å². The van der Waals surface area contributed by atoms with Gasteiger partial charge in [-0.2, -0.15) is 0 Å². The Kier molecular flexibility index (Phi) is 6.01. The van der Waals surface area contributed by atoms with Crippen molar-refractivity contribution in [2.45, 2.75) is 32.5 Å². The molecule has 26 heavy (non-hydrogen) atoms. The molecule has 1 N–H and O–H groups in total. The van der Waals surface area contributed by atoms with Crippen LogP contribution < -0.4 is 9.47 Å². The highest BCUT2D eigenvalue weighted by Crippen LogP contribution is 2.31. The third kappa shape index (κ3) is 4.48. The van der Waals surface area contributed by atoms with E-state index in [1.165, 1.54) is 5.56 Å². The van der Waals surface area contributed by atoms with Gasteiger partial charge in [0.2, 0.25) is 0 Å². The number of rotatable bonds is 7. The fourth-order valence-corrected chi connectivity index (χ4v) is 3.21. The topological polar surface area (TPSA) is 65.0 Å². The Morgan fingerprint density at radius 3 is 2.96 bits per heavy atom. The molecule has 0 saturated heterocycles. The van der Waals surface area contributed by atoms with Crippen molar-refractivity contribution >= 4 is 17.6 Å². The molecule has 0 radical (unpaired) electrons. The first-order valence-corrected chi connectivity index (χ1v) is 8.92. The highest BCUT2D eigenvalue weighted by atomic mass is 35.5. The first-order valence-electron chi connectivity index (χ1n) is 8.55. The minimum Gasteiger partial charge on any atom is -0.490 e. The molecule has 138 valence electrons. The minimum atomic E-state index is -0.981. The number of carboxylic acid groups (broad SMARTS) is 1. The van der Waals surface area contributed by atoms with Crippen LogP contribution in [0.3, 0.4) is 0 Å². The smallest absolute Gasteiger partial charge is 0.329 e. The molecule has 1 aliphatic heterocycles. The van der Waals surface area contributed by atoms with Gasteiger partial charge >= 0.3 is 5.97 Å². The van der Waals surface area contributed by atoms with Gasteiger partial charge in [-0.25, -0.2) is 4.79 Å². The number of aryl methyl sites for hydroxylation is 1. The van der Waals surface area contributed by atoms with Gasteiger partial charge in [-0.1, -0.05) is 36.7 Å². The number of benzene rings is 2. The second kappa shape index (κ2) is 8.43. The van der Waals surface area contributed by atoms with Crippen molar-refractivity contribution in [3.63, 3.8) is 0 Å². The van der Waals surface area contributed by atoms with Gasteiger partial charge in [-0.15, -0.1) is 0 Å². The van der Waals surface area contributed by atoms with E-state index in [0.717, 1.165) is 23.3 Å². The van der Waals surface area contributed by atoms with Crippen LogP contribution in [0.2, 0.25) is 5.02 Å². The van der Waals surface area contributed by atoms with Gasteiger partial charge in [-0.3, -0.25) is 0 Å². The van der Waals surface area contributed by atoms with Crippen LogP contribution in [0, 0.1) is 0 Å². The van der Waals surface area contributed by atoms with Gasteiger partial charge < -0.3 is 19.3 Å². The summed E-state index contributed by atoms with van der Waals surface area (Å²) < 4.78 is 16.9. The van der Waals surface area contributed by atoms with Gasteiger partial charge in [0, 0.05) is 23.1 Å². The van der Waals surface area contributed by atoms with Crippen molar-refractivity contribution in [3.8, 4) is 11.5 Å². The van der Waals surface area contributed by atoms with E-state index >= 15 is 0 Å². The van der Waals surface area contributed by atoms with E-state index in [0.29, 0.717) is 30.4 Å². The Morgan fingerprint density at radius 1 is 1.35 bits per heavy atom. The lowest BCUT2D eigenvalue weighted by molar-refractivity contribution is -0.145. The average Bonchev–Trinajstić information content (AvgIpc) is 2.64. The zero-order valence-corrected chi connectivity index (χ0v) is 15.3. The summed E-state index contributed by atoms with van der Waals surface area (Å²) in [5.74, 6) is 0.466. The molecule has 0 spiro atoms. The predicted molar refractivity (Wildman–Crippen MR) is 98.2 cm³/mol. The lowest BCUT2D eigenvalue weighted by Gasteiger charge is -2.25. The molecule has 1 unspecified atom stereocenters. The van der Waals surface area contributed by atoms with Crippen molar-refractivity contribution in [2.75, 3.05) is 13.2 Å². The number of carbonyl (C=O) groups is 1. The number of fused-ring (bicyclic) bond motifs is 1. The number of halogens is 1. The van der Waals surface area contributed by atoms with Crippen LogP contribution in [0.4, 0.5) is 0 Å². The average molecular weight is 377 g/mol. The van der Waals surface area contributed by atoms with Crippen LogP contribution in [0.5, 0.6) is 11.5 Å². The van der Waals surface area contributed by atoms with Crippen LogP contribution in [0.25, 0.3) is 0 Å². The molecular weight excluding hydrogens is 356 g/mol. The first-order chi connectivity index (χ1) is 12.6. The molecule has 0 aliphatic carbocycles. The third-order valence-electron chi connectivity index (χ3n) is 4.33. The molecule has 0 aromatic heterocycles. The van der Waals surface area contributed by atoms with Crippen molar-refractivity contribution in [3.05, 3.63) is 58.1 Å². The van der Waals surface area contributed by atoms with E-state index < -0.39 is 5.97 Å². The highest BCUT2D eigenvalue weighted by molar-refractivity contribution is 6.31. The van der Waals surface area contributed by atoms with Gasteiger partial charge in [0.25, 0.3) is 0 Å². The quantitative estimate of drug-likeness (QED) is 0.794. The lowest BCUT2D eigenvalue weighted by Crippen LogP contribution is -2.30. The number of carboxylic acids is 1. The maximum absolute atomic E-state index is 10.6. The zero-order chi connectivity index (χ0) is 18.5. The Morgan fingerprint density at radius 2 is 2.19 bits per heavy atom. The fourth-order valence-electron chi connectivity index (χ4n) is 2.96. The monoisotopic (exact) mass is 376 g/mol. The molecule has 2 aromatic carbocycles. The normalized spacial score (nSPS) is 15.8. The summed E-state index contributed by atoms with van der Waals surface area (Å²) in [6.45, 7) is 2.49. The molecule has 0 fully saturated rings. The van der Waals surface area contributed by atoms with Crippen molar-refractivity contribution in [1.29, 1.82) is 0 Å². The number of hydrogen-bond acceptors (Lipinski definition) is 4. The molecule has 5 nitrogen and oxygen atoms in total. The predicted octanol–water partition coefficient (Wildman–Crippen LogP) is 3.89. The molecule has 1 heterocycles. The summed E-state index contributed by atoms with van der Waals surface area (Å²) in [6.07, 6.45) is 1.26. The van der Waals surface area contributed by atoms with E-state index in [4.69, 9.17) is 30.9 Å². The third-order valence-corrected chi connectivity index (χ3v) is 4.69. The first kappa shape index (κ1) is 18.5. The van der Waals surface area contributed by atoms with Gasteiger partial charge in [0.1, 0.15) is 31.3 Å². The van der Waals surface area contributed by atoms with Crippen molar-refractivity contribution < 1.29 is 24.1 Å². The fraction of sp³-hybridized carbons (Fsp3) is 0.350. The standard InChI is InChI=1S/C20H21ClO5/c1-2-13-4-3-5-18(21)17(13)11-24-15-7-6-14-8-16(25-12-20(22)23)10-26-19(14)9-15/h3-7,9,16H,2,8,10-12H2,1H3,(H,22,23). The van der Waals surface area contributed by atoms with E-state index in [1.807, 2.05) is 30.3 Å². The highest BCUT2D eigenvalue weighted by Gasteiger charge is 2.21. The van der Waals surface area contributed by atoms with Crippen LogP contribution in [0.1, 0.15) is 23.6 Å². The molecule has 1 aliphatic rings. The van der Waals surface area contributed by atoms with Crippen LogP contribution in [-0.2, 0) is 29.0 Å². The molecule has 2 aromatic rings. The second-order valence-corrected chi connectivity index (χ2v) is 6.54. The Bertz CT molecular complexity index is 790. The van der Waals surface area contributed by atoms with Gasteiger partial charge in [0.05, 0.1) is 6.10 Å². The van der Waals surface area contributed by atoms with Gasteiger partial charge in [0.15, 0.2) is 0 Å². The summed E-state index contributed by atoms with van der Waals surface area (Å²) in [6, 6.07) is 11.5. The molecule has 0 bridgehead atoms. The number of hydrogen-bond donors (Lipinski definition) is 1. The van der Waals surface area contributed by atoms with Crippen molar-refractivity contribution in [2.24, 2.45) is 0 Å². The second-order valence-electron chi connectivity index (χ2n) is 6.13. The summed E-state index contributed by atoms with van der Waals surface area (Å²) in [5.41, 5.74) is 3.15. The summed E-state index contributed by atoms with van der Waals surface area (Å²) in [5, 5.41) is 9.40. The largest absolute Gasteiger partial charge is 0.490 e. The van der Waals surface area contributed by atoms with Gasteiger partial charge in [-0.05, 0) is 29.7 Å². The Hall–Kier alpha value is -2.24. The molecule has 3 rings (SSSR count). The maximum Gasteiger partial charge on any atom is 0.329 e.